The maximum atomic E-state index is 13.6. The Balaban J connectivity index is 1.64. The predicted octanol–water partition coefficient (Wildman–Crippen LogP) is 3.89. The highest BCUT2D eigenvalue weighted by Crippen LogP contribution is 2.22. The third-order valence-corrected chi connectivity index (χ3v) is 4.00. The quantitative estimate of drug-likeness (QED) is 0.695. The van der Waals surface area contributed by atoms with Gasteiger partial charge in [0.25, 0.3) is 5.91 Å². The lowest BCUT2D eigenvalue weighted by Gasteiger charge is -2.13. The lowest BCUT2D eigenvalue weighted by molar-refractivity contribution is -0.117. The Morgan fingerprint density at radius 1 is 1.15 bits per heavy atom. The molecule has 0 radical (unpaired) electrons. The van der Waals surface area contributed by atoms with E-state index in [-0.39, 0.29) is 11.4 Å². The molecule has 0 aliphatic rings. The fraction of sp³-hybridized carbons (Fsp3) is 0.105. The van der Waals surface area contributed by atoms with Gasteiger partial charge >= 0.3 is 0 Å². The average molecular weight is 388 g/mol. The van der Waals surface area contributed by atoms with Crippen molar-refractivity contribution in [2.24, 2.45) is 0 Å². The Morgan fingerprint density at radius 2 is 1.85 bits per heavy atom. The highest BCUT2D eigenvalue weighted by atomic mass is 35.5. The summed E-state index contributed by atoms with van der Waals surface area (Å²) in [5.74, 6) is -1.32. The van der Waals surface area contributed by atoms with E-state index in [0.29, 0.717) is 16.3 Å². The van der Waals surface area contributed by atoms with Crippen molar-refractivity contribution in [2.45, 2.75) is 13.0 Å². The number of nitrogens with one attached hydrogen (secondary N) is 2. The zero-order valence-corrected chi connectivity index (χ0v) is 15.0. The summed E-state index contributed by atoms with van der Waals surface area (Å²) >= 11 is 5.84. The first-order valence-corrected chi connectivity index (χ1v) is 8.41. The zero-order chi connectivity index (χ0) is 19.4. The number of para-hydroxylation sites is 1. The van der Waals surface area contributed by atoms with Crippen LogP contribution in [0.25, 0.3) is 11.3 Å². The molecule has 1 heterocycles. The van der Waals surface area contributed by atoms with Gasteiger partial charge in [-0.15, -0.1) is 0 Å². The third-order valence-electron chi connectivity index (χ3n) is 3.74. The van der Waals surface area contributed by atoms with E-state index in [1.807, 2.05) is 0 Å². The molecule has 0 aliphatic carbocycles. The summed E-state index contributed by atoms with van der Waals surface area (Å²) in [5, 5.41) is 9.20. The summed E-state index contributed by atoms with van der Waals surface area (Å²) < 4.78 is 18.8. The van der Waals surface area contributed by atoms with Crippen molar-refractivity contribution < 1.29 is 18.5 Å². The van der Waals surface area contributed by atoms with Crippen LogP contribution in [0.3, 0.4) is 0 Å². The van der Waals surface area contributed by atoms with Crippen molar-refractivity contribution in [1.82, 2.24) is 10.5 Å². The van der Waals surface area contributed by atoms with Crippen molar-refractivity contribution in [3.05, 3.63) is 71.1 Å². The largest absolute Gasteiger partial charge is 0.355 e. The van der Waals surface area contributed by atoms with Crippen molar-refractivity contribution in [3.8, 4) is 11.3 Å². The van der Waals surface area contributed by atoms with Crippen LogP contribution in [0.1, 0.15) is 17.4 Å². The molecule has 0 aliphatic heterocycles. The molecule has 6 nitrogen and oxygen atoms in total. The highest BCUT2D eigenvalue weighted by molar-refractivity contribution is 6.30. The Kier molecular flexibility index (Phi) is 5.52. The van der Waals surface area contributed by atoms with Gasteiger partial charge in [-0.25, -0.2) is 4.39 Å². The first-order chi connectivity index (χ1) is 12.9. The lowest BCUT2D eigenvalue weighted by atomic mass is 10.1. The fourth-order valence-corrected chi connectivity index (χ4v) is 2.40. The summed E-state index contributed by atoms with van der Waals surface area (Å²) in [7, 11) is 0. The molecule has 1 unspecified atom stereocenters. The van der Waals surface area contributed by atoms with Gasteiger partial charge in [-0.1, -0.05) is 28.9 Å². The SMILES string of the molecule is CC(NC(=O)c1cc(-c2ccc(Cl)cc2)on1)C(=O)Nc1ccccc1F. The molecule has 0 fully saturated rings. The Bertz CT molecular complexity index is 972. The van der Waals surface area contributed by atoms with Crippen molar-refractivity contribution in [2.75, 3.05) is 5.32 Å². The molecular weight excluding hydrogens is 373 g/mol. The molecule has 3 aromatic rings. The van der Waals surface area contributed by atoms with Gasteiger partial charge in [0.1, 0.15) is 11.9 Å². The number of anilines is 1. The molecule has 0 saturated carbocycles. The molecule has 2 amide bonds. The molecule has 0 spiro atoms. The van der Waals surface area contributed by atoms with Crippen LogP contribution in [0, 0.1) is 5.82 Å². The number of halogens is 2. The average Bonchev–Trinajstić information content (AvgIpc) is 3.14. The van der Waals surface area contributed by atoms with Gasteiger partial charge in [0, 0.05) is 16.7 Å². The van der Waals surface area contributed by atoms with Crippen LogP contribution in [-0.4, -0.2) is 23.0 Å². The predicted molar refractivity (Wildman–Crippen MR) is 98.9 cm³/mol. The van der Waals surface area contributed by atoms with Crippen molar-refractivity contribution in [1.29, 1.82) is 0 Å². The second-order valence-electron chi connectivity index (χ2n) is 5.75. The van der Waals surface area contributed by atoms with E-state index in [0.717, 1.165) is 0 Å². The summed E-state index contributed by atoms with van der Waals surface area (Å²) in [6.45, 7) is 1.48. The lowest BCUT2D eigenvalue weighted by Crippen LogP contribution is -2.41. The molecule has 8 heteroatoms. The number of rotatable bonds is 5. The summed E-state index contributed by atoms with van der Waals surface area (Å²) in [4.78, 5) is 24.4. The van der Waals surface area contributed by atoms with Gasteiger partial charge in [-0.3, -0.25) is 9.59 Å². The maximum absolute atomic E-state index is 13.6. The fourth-order valence-electron chi connectivity index (χ4n) is 2.27. The van der Waals surface area contributed by atoms with Crippen LogP contribution in [0.5, 0.6) is 0 Å². The number of nitrogens with zero attached hydrogens (tertiary/aromatic N) is 1. The first kappa shape index (κ1) is 18.6. The molecule has 1 aromatic heterocycles. The van der Waals surface area contributed by atoms with E-state index < -0.39 is 23.7 Å². The topological polar surface area (TPSA) is 84.2 Å². The number of amides is 2. The molecule has 1 atom stereocenters. The van der Waals surface area contributed by atoms with Crippen LogP contribution < -0.4 is 10.6 Å². The number of carbonyl (C=O) groups excluding carboxylic acids is 2. The number of hydrogen-bond donors (Lipinski definition) is 2. The van der Waals surface area contributed by atoms with E-state index in [9.17, 15) is 14.0 Å². The monoisotopic (exact) mass is 387 g/mol. The van der Waals surface area contributed by atoms with Gasteiger partial charge < -0.3 is 15.2 Å². The Morgan fingerprint density at radius 3 is 2.56 bits per heavy atom. The molecule has 0 bridgehead atoms. The van der Waals surface area contributed by atoms with E-state index in [1.165, 1.54) is 31.2 Å². The van der Waals surface area contributed by atoms with Crippen LogP contribution in [0.4, 0.5) is 10.1 Å². The minimum atomic E-state index is -0.909. The van der Waals surface area contributed by atoms with E-state index in [2.05, 4.69) is 15.8 Å². The van der Waals surface area contributed by atoms with Crippen LogP contribution in [0.2, 0.25) is 5.02 Å². The second kappa shape index (κ2) is 8.01. The Labute approximate surface area is 159 Å². The smallest absolute Gasteiger partial charge is 0.274 e. The first-order valence-electron chi connectivity index (χ1n) is 8.03. The number of hydrogen-bond acceptors (Lipinski definition) is 4. The van der Waals surface area contributed by atoms with Crippen LogP contribution in [0.15, 0.2) is 59.1 Å². The molecule has 0 saturated heterocycles. The maximum Gasteiger partial charge on any atom is 0.274 e. The number of carbonyl (C=O) groups is 2. The van der Waals surface area contributed by atoms with E-state index in [1.54, 1.807) is 30.3 Å². The van der Waals surface area contributed by atoms with E-state index in [4.69, 9.17) is 16.1 Å². The van der Waals surface area contributed by atoms with Gasteiger partial charge in [-0.05, 0) is 43.3 Å². The molecule has 2 aromatic carbocycles. The molecule has 3 rings (SSSR count). The van der Waals surface area contributed by atoms with E-state index >= 15 is 0 Å². The summed E-state index contributed by atoms with van der Waals surface area (Å²) in [6, 6.07) is 13.2. The van der Waals surface area contributed by atoms with Gasteiger partial charge in [-0.2, -0.15) is 0 Å². The number of benzene rings is 2. The normalized spacial score (nSPS) is 11.7. The highest BCUT2D eigenvalue weighted by Gasteiger charge is 2.20. The van der Waals surface area contributed by atoms with Gasteiger partial charge in [0.15, 0.2) is 11.5 Å². The van der Waals surface area contributed by atoms with Gasteiger partial charge in [0.05, 0.1) is 5.69 Å². The standard InChI is InChI=1S/C19H15ClFN3O3/c1-11(18(25)23-15-5-3-2-4-14(15)21)22-19(26)16-10-17(27-24-16)12-6-8-13(20)9-7-12/h2-11H,1H3,(H,22,26)(H,23,25). The number of aromatic nitrogens is 1. The Hall–Kier alpha value is -3.19. The minimum absolute atomic E-state index is 0.0190. The zero-order valence-electron chi connectivity index (χ0n) is 14.2. The van der Waals surface area contributed by atoms with Crippen molar-refractivity contribution >= 4 is 29.1 Å². The van der Waals surface area contributed by atoms with Crippen LogP contribution >= 0.6 is 11.6 Å². The summed E-state index contributed by atoms with van der Waals surface area (Å²) in [5.41, 5.74) is 0.761. The molecular formula is C19H15ClFN3O3. The van der Waals surface area contributed by atoms with Gasteiger partial charge in [0.2, 0.25) is 5.91 Å². The summed E-state index contributed by atoms with van der Waals surface area (Å²) in [6.07, 6.45) is 0. The molecule has 138 valence electrons. The molecule has 2 N–H and O–H groups in total. The minimum Gasteiger partial charge on any atom is -0.355 e. The van der Waals surface area contributed by atoms with Crippen LogP contribution in [-0.2, 0) is 4.79 Å². The molecule has 27 heavy (non-hydrogen) atoms. The third kappa shape index (κ3) is 4.51. The van der Waals surface area contributed by atoms with Crippen molar-refractivity contribution in [3.63, 3.8) is 0 Å². The second-order valence-corrected chi connectivity index (χ2v) is 6.18.